The lowest BCUT2D eigenvalue weighted by Gasteiger charge is -2.06. The summed E-state index contributed by atoms with van der Waals surface area (Å²) in [5.74, 6) is 0.470. The van der Waals surface area contributed by atoms with Gasteiger partial charge in [-0.2, -0.15) is 0 Å². The number of hydrogen-bond donors (Lipinski definition) is 1. The van der Waals surface area contributed by atoms with Crippen LogP contribution < -0.4 is 5.73 Å². The number of nitrogens with two attached hydrogens (primary N) is 1. The number of aromatic nitrogens is 2. The molecule has 3 nitrogen and oxygen atoms in total. The third kappa shape index (κ3) is 1.68. The lowest BCUT2D eigenvalue weighted by Crippen LogP contribution is -2.08. The molecule has 0 spiro atoms. The van der Waals surface area contributed by atoms with Crippen molar-refractivity contribution in [3.63, 3.8) is 0 Å². The standard InChI is InChI=1S/C11H17N3S/c1-7(2)10-9(4-5-12)14-8(3)6-15-11(14)13-10/h6-7H,4-5,12H2,1-3H3. The fourth-order valence-corrected chi connectivity index (χ4v) is 2.81. The van der Waals surface area contributed by atoms with Crippen molar-refractivity contribution in [2.24, 2.45) is 5.73 Å². The molecule has 0 unspecified atom stereocenters. The second-order valence-electron chi connectivity index (χ2n) is 4.13. The summed E-state index contributed by atoms with van der Waals surface area (Å²) in [6, 6.07) is 0. The van der Waals surface area contributed by atoms with E-state index in [1.165, 1.54) is 17.1 Å². The summed E-state index contributed by atoms with van der Waals surface area (Å²) in [5.41, 5.74) is 9.42. The summed E-state index contributed by atoms with van der Waals surface area (Å²) in [6.45, 7) is 7.17. The molecule has 0 saturated heterocycles. The molecule has 2 aromatic rings. The van der Waals surface area contributed by atoms with Gasteiger partial charge in [0.15, 0.2) is 4.96 Å². The Morgan fingerprint density at radius 2 is 2.27 bits per heavy atom. The normalized spacial score (nSPS) is 11.8. The highest BCUT2D eigenvalue weighted by molar-refractivity contribution is 7.15. The second kappa shape index (κ2) is 3.94. The third-order valence-corrected chi connectivity index (χ3v) is 3.53. The number of thiazole rings is 1. The summed E-state index contributed by atoms with van der Waals surface area (Å²) in [6.07, 6.45) is 0.909. The maximum Gasteiger partial charge on any atom is 0.194 e. The largest absolute Gasteiger partial charge is 0.330 e. The van der Waals surface area contributed by atoms with E-state index in [9.17, 15) is 0 Å². The fourth-order valence-electron chi connectivity index (χ4n) is 1.92. The highest BCUT2D eigenvalue weighted by Crippen LogP contribution is 2.25. The summed E-state index contributed by atoms with van der Waals surface area (Å²) in [5, 5.41) is 2.15. The van der Waals surface area contributed by atoms with Crippen LogP contribution in [0, 0.1) is 6.92 Å². The van der Waals surface area contributed by atoms with Gasteiger partial charge in [0.05, 0.1) is 5.69 Å². The molecule has 0 saturated carbocycles. The predicted octanol–water partition coefficient (Wildman–Crippen LogP) is 2.33. The molecule has 0 aromatic carbocycles. The van der Waals surface area contributed by atoms with Crippen molar-refractivity contribution in [3.8, 4) is 0 Å². The first-order valence-electron chi connectivity index (χ1n) is 5.30. The van der Waals surface area contributed by atoms with Crippen LogP contribution in [0.1, 0.15) is 36.8 Å². The maximum absolute atomic E-state index is 5.66. The average Bonchev–Trinajstić information content (AvgIpc) is 2.69. The summed E-state index contributed by atoms with van der Waals surface area (Å²) < 4.78 is 2.24. The van der Waals surface area contributed by atoms with Gasteiger partial charge in [-0.15, -0.1) is 11.3 Å². The highest BCUT2D eigenvalue weighted by Gasteiger charge is 2.16. The zero-order valence-corrected chi connectivity index (χ0v) is 10.3. The first kappa shape index (κ1) is 10.6. The number of nitrogens with zero attached hydrogens (tertiary/aromatic N) is 2. The minimum absolute atomic E-state index is 0.470. The van der Waals surface area contributed by atoms with E-state index in [4.69, 9.17) is 5.73 Å². The number of imidazole rings is 1. The van der Waals surface area contributed by atoms with Gasteiger partial charge in [0.1, 0.15) is 0 Å². The van der Waals surface area contributed by atoms with Crippen molar-refractivity contribution in [1.82, 2.24) is 9.38 Å². The van der Waals surface area contributed by atoms with Crippen molar-refractivity contribution in [2.75, 3.05) is 6.54 Å². The molecule has 82 valence electrons. The molecule has 0 atom stereocenters. The fraction of sp³-hybridized carbons (Fsp3) is 0.545. The molecule has 2 heterocycles. The van der Waals surface area contributed by atoms with E-state index in [2.05, 4.69) is 35.5 Å². The summed E-state index contributed by atoms with van der Waals surface area (Å²) in [4.78, 5) is 5.77. The monoisotopic (exact) mass is 223 g/mol. The van der Waals surface area contributed by atoms with E-state index in [0.29, 0.717) is 12.5 Å². The van der Waals surface area contributed by atoms with Gasteiger partial charge in [0.2, 0.25) is 0 Å². The van der Waals surface area contributed by atoms with Crippen molar-refractivity contribution < 1.29 is 0 Å². The topological polar surface area (TPSA) is 43.3 Å². The van der Waals surface area contributed by atoms with E-state index >= 15 is 0 Å². The zero-order valence-electron chi connectivity index (χ0n) is 9.45. The molecule has 2 rings (SSSR count). The Morgan fingerprint density at radius 3 is 2.87 bits per heavy atom. The quantitative estimate of drug-likeness (QED) is 0.868. The van der Waals surface area contributed by atoms with E-state index in [0.717, 1.165) is 11.4 Å². The Hall–Kier alpha value is -0.870. The van der Waals surface area contributed by atoms with E-state index in [1.54, 1.807) is 11.3 Å². The first-order chi connectivity index (χ1) is 7.15. The van der Waals surface area contributed by atoms with E-state index in [-0.39, 0.29) is 0 Å². The van der Waals surface area contributed by atoms with Gasteiger partial charge in [0.25, 0.3) is 0 Å². The summed E-state index contributed by atoms with van der Waals surface area (Å²) in [7, 11) is 0. The molecule has 15 heavy (non-hydrogen) atoms. The maximum atomic E-state index is 5.66. The van der Waals surface area contributed by atoms with Crippen molar-refractivity contribution in [2.45, 2.75) is 33.1 Å². The van der Waals surface area contributed by atoms with Gasteiger partial charge in [-0.05, 0) is 19.4 Å². The van der Waals surface area contributed by atoms with Gasteiger partial charge in [-0.1, -0.05) is 13.8 Å². The van der Waals surface area contributed by atoms with E-state index < -0.39 is 0 Å². The van der Waals surface area contributed by atoms with Crippen LogP contribution in [0.15, 0.2) is 5.38 Å². The van der Waals surface area contributed by atoms with Crippen LogP contribution in [0.25, 0.3) is 4.96 Å². The van der Waals surface area contributed by atoms with Gasteiger partial charge in [0, 0.05) is 23.2 Å². The molecule has 0 bridgehead atoms. The molecule has 2 N–H and O–H groups in total. The molecule has 0 aliphatic rings. The van der Waals surface area contributed by atoms with Gasteiger partial charge in [-0.25, -0.2) is 4.98 Å². The molecular formula is C11H17N3S. The van der Waals surface area contributed by atoms with Gasteiger partial charge in [-0.3, -0.25) is 4.40 Å². The van der Waals surface area contributed by atoms with E-state index in [1.807, 2.05) is 0 Å². The molecule has 0 fully saturated rings. The molecule has 0 aliphatic heterocycles. The Kier molecular flexibility index (Phi) is 2.80. The Morgan fingerprint density at radius 1 is 1.53 bits per heavy atom. The van der Waals surface area contributed by atoms with Gasteiger partial charge >= 0.3 is 0 Å². The van der Waals surface area contributed by atoms with Crippen molar-refractivity contribution >= 4 is 16.3 Å². The van der Waals surface area contributed by atoms with Crippen LogP contribution in [0.5, 0.6) is 0 Å². The third-order valence-electron chi connectivity index (χ3n) is 2.59. The number of rotatable bonds is 3. The first-order valence-corrected chi connectivity index (χ1v) is 6.18. The van der Waals surface area contributed by atoms with Crippen LogP contribution in [-0.2, 0) is 6.42 Å². The van der Waals surface area contributed by atoms with Crippen molar-refractivity contribution in [1.29, 1.82) is 0 Å². The lowest BCUT2D eigenvalue weighted by atomic mass is 10.1. The number of fused-ring (bicyclic) bond motifs is 1. The highest BCUT2D eigenvalue weighted by atomic mass is 32.1. The SMILES string of the molecule is Cc1csc2nc(C(C)C)c(CCN)n12. The Labute approximate surface area is 93.9 Å². The minimum atomic E-state index is 0.470. The molecule has 0 amide bonds. The molecule has 2 aromatic heterocycles. The Balaban J connectivity index is 2.65. The summed E-state index contributed by atoms with van der Waals surface area (Å²) >= 11 is 1.70. The van der Waals surface area contributed by atoms with Crippen LogP contribution in [0.3, 0.4) is 0 Å². The minimum Gasteiger partial charge on any atom is -0.330 e. The smallest absolute Gasteiger partial charge is 0.194 e. The average molecular weight is 223 g/mol. The van der Waals surface area contributed by atoms with Crippen molar-refractivity contribution in [3.05, 3.63) is 22.5 Å². The number of aryl methyl sites for hydroxylation is 1. The molecular weight excluding hydrogens is 206 g/mol. The van der Waals surface area contributed by atoms with Crippen LogP contribution in [0.4, 0.5) is 0 Å². The zero-order chi connectivity index (χ0) is 11.0. The molecule has 4 heteroatoms. The number of hydrogen-bond acceptors (Lipinski definition) is 3. The molecule has 0 aliphatic carbocycles. The Bertz CT molecular complexity index is 467. The second-order valence-corrected chi connectivity index (χ2v) is 4.97. The predicted molar refractivity (Wildman–Crippen MR) is 64.7 cm³/mol. The van der Waals surface area contributed by atoms with Crippen LogP contribution in [-0.4, -0.2) is 15.9 Å². The van der Waals surface area contributed by atoms with Crippen LogP contribution in [0.2, 0.25) is 0 Å². The van der Waals surface area contributed by atoms with Crippen LogP contribution >= 0.6 is 11.3 Å². The molecule has 0 radical (unpaired) electrons. The lowest BCUT2D eigenvalue weighted by molar-refractivity contribution is 0.788. The van der Waals surface area contributed by atoms with Gasteiger partial charge < -0.3 is 5.73 Å².